The van der Waals surface area contributed by atoms with E-state index in [1.807, 2.05) is 47.8 Å². The van der Waals surface area contributed by atoms with E-state index in [4.69, 9.17) is 4.74 Å². The molecule has 0 saturated carbocycles. The lowest BCUT2D eigenvalue weighted by atomic mass is 9.82. The van der Waals surface area contributed by atoms with Crippen molar-refractivity contribution in [1.82, 2.24) is 20.5 Å². The van der Waals surface area contributed by atoms with Gasteiger partial charge in [0.25, 0.3) is 5.91 Å². The lowest BCUT2D eigenvalue weighted by molar-refractivity contribution is 0.0828. The number of benzene rings is 2. The van der Waals surface area contributed by atoms with Crippen LogP contribution in [0.5, 0.6) is 5.75 Å². The minimum atomic E-state index is -0.347. The van der Waals surface area contributed by atoms with Gasteiger partial charge in [-0.25, -0.2) is 9.78 Å². The average molecular weight is 537 g/mol. The highest BCUT2D eigenvalue weighted by atomic mass is 32.1. The SMILES string of the molecule is COc1ccc(C(C)(C)c2csc(NC(=O)NCc3ccc(N4CCNCC4)c(C(=O)N(C)C)c3)n2)cc1. The number of anilines is 2. The summed E-state index contributed by atoms with van der Waals surface area (Å²) in [6.45, 7) is 7.95. The first-order chi connectivity index (χ1) is 18.2. The van der Waals surface area contributed by atoms with Gasteiger partial charge in [0.1, 0.15) is 5.75 Å². The fourth-order valence-corrected chi connectivity index (χ4v) is 5.26. The summed E-state index contributed by atoms with van der Waals surface area (Å²) in [5.74, 6) is 0.748. The van der Waals surface area contributed by atoms with Crippen molar-refractivity contribution in [3.05, 3.63) is 70.2 Å². The molecule has 1 aliphatic rings. The first kappa shape index (κ1) is 27.4. The number of hydrogen-bond donors (Lipinski definition) is 3. The molecular formula is C28H36N6O3S. The van der Waals surface area contributed by atoms with Crippen LogP contribution in [0.4, 0.5) is 15.6 Å². The van der Waals surface area contributed by atoms with E-state index in [0.29, 0.717) is 10.7 Å². The number of hydrogen-bond acceptors (Lipinski definition) is 7. The molecule has 0 unspecified atom stereocenters. The van der Waals surface area contributed by atoms with Gasteiger partial charge in [-0.15, -0.1) is 11.3 Å². The lowest BCUT2D eigenvalue weighted by Crippen LogP contribution is -2.44. The topological polar surface area (TPSA) is 98.8 Å². The zero-order valence-corrected chi connectivity index (χ0v) is 23.4. The molecule has 3 aromatic rings. The zero-order chi connectivity index (χ0) is 27.3. The van der Waals surface area contributed by atoms with Crippen LogP contribution in [0.3, 0.4) is 0 Å². The van der Waals surface area contributed by atoms with Crippen LogP contribution >= 0.6 is 11.3 Å². The highest BCUT2D eigenvalue weighted by Crippen LogP contribution is 2.34. The van der Waals surface area contributed by atoms with Crippen molar-refractivity contribution in [1.29, 1.82) is 0 Å². The minimum Gasteiger partial charge on any atom is -0.497 e. The van der Waals surface area contributed by atoms with Crippen LogP contribution < -0.4 is 25.6 Å². The molecule has 0 spiro atoms. The fraction of sp³-hybridized carbons (Fsp3) is 0.393. The number of piperazine rings is 1. The van der Waals surface area contributed by atoms with Gasteiger partial charge in [0, 0.05) is 63.3 Å². The molecule has 1 aliphatic heterocycles. The number of ether oxygens (including phenoxy) is 1. The maximum Gasteiger partial charge on any atom is 0.321 e. The Kier molecular flexibility index (Phi) is 8.53. The van der Waals surface area contributed by atoms with Crippen LogP contribution in [0.2, 0.25) is 0 Å². The highest BCUT2D eigenvalue weighted by Gasteiger charge is 2.26. The molecule has 38 heavy (non-hydrogen) atoms. The fourth-order valence-electron chi connectivity index (χ4n) is 4.38. The van der Waals surface area contributed by atoms with Crippen molar-refractivity contribution in [3.63, 3.8) is 0 Å². The van der Waals surface area contributed by atoms with Gasteiger partial charge in [-0.05, 0) is 35.4 Å². The molecule has 0 bridgehead atoms. The van der Waals surface area contributed by atoms with E-state index in [0.717, 1.165) is 54.4 Å². The minimum absolute atomic E-state index is 0.0559. The molecule has 1 saturated heterocycles. The van der Waals surface area contributed by atoms with Crippen LogP contribution in [0.1, 0.15) is 41.0 Å². The highest BCUT2D eigenvalue weighted by molar-refractivity contribution is 7.13. The third kappa shape index (κ3) is 6.25. The first-order valence-electron chi connectivity index (χ1n) is 12.6. The Labute approximate surface area is 228 Å². The number of rotatable bonds is 8. The lowest BCUT2D eigenvalue weighted by Gasteiger charge is -2.31. The predicted molar refractivity (Wildman–Crippen MR) is 153 cm³/mol. The number of aromatic nitrogens is 1. The van der Waals surface area contributed by atoms with Crippen LogP contribution in [0, 0.1) is 0 Å². The predicted octanol–water partition coefficient (Wildman–Crippen LogP) is 3.91. The van der Waals surface area contributed by atoms with Crippen LogP contribution in [-0.4, -0.2) is 69.2 Å². The van der Waals surface area contributed by atoms with Gasteiger partial charge in [0.15, 0.2) is 5.13 Å². The van der Waals surface area contributed by atoms with Gasteiger partial charge >= 0.3 is 6.03 Å². The summed E-state index contributed by atoms with van der Waals surface area (Å²) in [6.07, 6.45) is 0. The van der Waals surface area contributed by atoms with E-state index in [9.17, 15) is 9.59 Å². The summed E-state index contributed by atoms with van der Waals surface area (Å²) >= 11 is 1.39. The number of amides is 3. The summed E-state index contributed by atoms with van der Waals surface area (Å²) in [7, 11) is 5.15. The Bertz CT molecular complexity index is 1270. The molecule has 1 fully saturated rings. The van der Waals surface area contributed by atoms with Gasteiger partial charge in [-0.2, -0.15) is 0 Å². The third-order valence-corrected chi connectivity index (χ3v) is 7.54. The molecule has 2 heterocycles. The molecule has 0 aliphatic carbocycles. The van der Waals surface area contributed by atoms with Crippen molar-refractivity contribution >= 4 is 34.1 Å². The maximum atomic E-state index is 12.9. The van der Waals surface area contributed by atoms with E-state index >= 15 is 0 Å². The Balaban J connectivity index is 1.40. The monoisotopic (exact) mass is 536 g/mol. The number of nitrogens with one attached hydrogen (secondary N) is 3. The van der Waals surface area contributed by atoms with Gasteiger partial charge in [-0.3, -0.25) is 10.1 Å². The second kappa shape index (κ2) is 11.8. The van der Waals surface area contributed by atoms with Gasteiger partial charge < -0.3 is 25.2 Å². The quantitative estimate of drug-likeness (QED) is 0.404. The first-order valence-corrected chi connectivity index (χ1v) is 13.5. The Morgan fingerprint density at radius 1 is 1.13 bits per heavy atom. The number of thiazole rings is 1. The van der Waals surface area contributed by atoms with Crippen LogP contribution in [0.15, 0.2) is 47.8 Å². The van der Waals surface area contributed by atoms with Crippen molar-refractivity contribution in [2.45, 2.75) is 25.8 Å². The van der Waals surface area contributed by atoms with Gasteiger partial charge in [0.2, 0.25) is 0 Å². The van der Waals surface area contributed by atoms with Gasteiger partial charge in [0.05, 0.1) is 18.4 Å². The van der Waals surface area contributed by atoms with E-state index in [1.54, 1.807) is 26.1 Å². The van der Waals surface area contributed by atoms with E-state index < -0.39 is 0 Å². The molecule has 9 nitrogen and oxygen atoms in total. The zero-order valence-electron chi connectivity index (χ0n) is 22.6. The van der Waals surface area contributed by atoms with Gasteiger partial charge in [-0.1, -0.05) is 32.0 Å². The van der Waals surface area contributed by atoms with Crippen molar-refractivity contribution in [2.75, 3.05) is 57.6 Å². The van der Waals surface area contributed by atoms with Crippen LogP contribution in [0.25, 0.3) is 0 Å². The molecule has 3 N–H and O–H groups in total. The van der Waals surface area contributed by atoms with E-state index in [2.05, 4.69) is 39.7 Å². The average Bonchev–Trinajstić information content (AvgIpc) is 3.41. The Hall–Kier alpha value is -3.63. The molecule has 4 rings (SSSR count). The Morgan fingerprint density at radius 2 is 1.84 bits per heavy atom. The standard InChI is InChI=1S/C28H36N6O3S/c1-28(2,20-7-9-21(37-5)10-8-20)24-18-38-27(31-24)32-26(36)30-17-19-6-11-23(34-14-12-29-13-15-34)22(16-19)25(35)33(3)4/h6-11,16,18,29H,12-15,17H2,1-5H3,(H2,30,31,32,36). The molecule has 0 atom stereocenters. The van der Waals surface area contributed by atoms with Crippen molar-refractivity contribution in [2.24, 2.45) is 0 Å². The molecule has 1 aromatic heterocycles. The Morgan fingerprint density at radius 3 is 2.50 bits per heavy atom. The molecule has 10 heteroatoms. The summed E-state index contributed by atoms with van der Waals surface area (Å²) in [6, 6.07) is 13.4. The molecule has 202 valence electrons. The largest absolute Gasteiger partial charge is 0.497 e. The maximum absolute atomic E-state index is 12.9. The number of carbonyl (C=O) groups is 2. The second-order valence-corrected chi connectivity index (χ2v) is 10.8. The second-order valence-electron chi connectivity index (χ2n) is 9.99. The summed E-state index contributed by atoms with van der Waals surface area (Å²) in [4.78, 5) is 34.1. The molecule has 0 radical (unpaired) electrons. The number of methoxy groups -OCH3 is 1. The molecule has 2 aromatic carbocycles. The van der Waals surface area contributed by atoms with E-state index in [1.165, 1.54) is 11.3 Å². The van der Waals surface area contributed by atoms with E-state index in [-0.39, 0.29) is 23.9 Å². The third-order valence-electron chi connectivity index (χ3n) is 6.79. The smallest absolute Gasteiger partial charge is 0.321 e. The summed E-state index contributed by atoms with van der Waals surface area (Å²) < 4.78 is 5.26. The summed E-state index contributed by atoms with van der Waals surface area (Å²) in [5, 5.41) is 11.6. The number of carbonyl (C=O) groups excluding carboxylic acids is 2. The normalized spacial score (nSPS) is 13.7. The van der Waals surface area contributed by atoms with Crippen molar-refractivity contribution in [3.8, 4) is 5.75 Å². The number of urea groups is 1. The molecule has 3 amide bonds. The summed E-state index contributed by atoms with van der Waals surface area (Å²) in [5.41, 5.74) is 4.06. The number of nitrogens with zero attached hydrogens (tertiary/aromatic N) is 3. The molecular weight excluding hydrogens is 500 g/mol. The van der Waals surface area contributed by atoms with Crippen LogP contribution in [-0.2, 0) is 12.0 Å². The van der Waals surface area contributed by atoms with Crippen molar-refractivity contribution < 1.29 is 14.3 Å².